The van der Waals surface area contributed by atoms with Gasteiger partial charge >= 0.3 is 5.97 Å². The maximum atomic E-state index is 13.0. The summed E-state index contributed by atoms with van der Waals surface area (Å²) >= 11 is 0. The van der Waals surface area contributed by atoms with Crippen molar-refractivity contribution in [1.29, 1.82) is 0 Å². The van der Waals surface area contributed by atoms with Crippen LogP contribution in [0, 0.1) is 0 Å². The van der Waals surface area contributed by atoms with Gasteiger partial charge in [-0.25, -0.2) is 0 Å². The first-order valence-corrected chi connectivity index (χ1v) is 10.5. The van der Waals surface area contributed by atoms with Crippen molar-refractivity contribution in [2.24, 2.45) is 11.5 Å². The van der Waals surface area contributed by atoms with E-state index in [9.17, 15) is 34.2 Å². The summed E-state index contributed by atoms with van der Waals surface area (Å²) in [5, 5.41) is 35.1. The van der Waals surface area contributed by atoms with Gasteiger partial charge in [-0.3, -0.25) is 24.0 Å². The van der Waals surface area contributed by atoms with Crippen LogP contribution in [0.1, 0.15) is 32.3 Å². The minimum atomic E-state index is -1.33. The van der Waals surface area contributed by atoms with E-state index < -0.39 is 59.9 Å². The number of aromatic hydroxyl groups is 1. The van der Waals surface area contributed by atoms with E-state index in [0.717, 1.165) is 0 Å². The van der Waals surface area contributed by atoms with Gasteiger partial charge in [0.05, 0.1) is 6.10 Å². The number of carbonyl (C=O) groups excluding carboxylic acids is 4. The molecule has 13 heteroatoms. The standard InChI is InChI=1S/C21H31N5O8/c1-10(21(33)34)24-18(30)14(7-8-16(22)29)25-19(31)15(26-20(32)17(23)11(2)27)9-12-3-5-13(28)6-4-12/h3-6,10-11,14-15,17,27-28H,7-9,23H2,1-2H3,(H2,22,29)(H,24,30)(H,25,31)(H,26,32)(H,33,34). The van der Waals surface area contributed by atoms with Gasteiger partial charge in [0.2, 0.25) is 23.6 Å². The van der Waals surface area contributed by atoms with Crippen LogP contribution >= 0.6 is 0 Å². The minimum absolute atomic E-state index is 0.0133. The molecule has 0 heterocycles. The molecule has 0 radical (unpaired) electrons. The third kappa shape index (κ3) is 9.42. The summed E-state index contributed by atoms with van der Waals surface area (Å²) < 4.78 is 0. The summed E-state index contributed by atoms with van der Waals surface area (Å²) in [6.45, 7) is 2.52. The van der Waals surface area contributed by atoms with Crippen LogP contribution in [0.3, 0.4) is 0 Å². The zero-order chi connectivity index (χ0) is 26.0. The topological polar surface area (TPSA) is 234 Å². The predicted octanol–water partition coefficient (Wildman–Crippen LogP) is -2.53. The highest BCUT2D eigenvalue weighted by Crippen LogP contribution is 2.12. The highest BCUT2D eigenvalue weighted by atomic mass is 16.4. The lowest BCUT2D eigenvalue weighted by molar-refractivity contribution is -0.142. The van der Waals surface area contributed by atoms with E-state index >= 15 is 0 Å². The molecule has 0 saturated heterocycles. The molecule has 0 saturated carbocycles. The van der Waals surface area contributed by atoms with E-state index in [0.29, 0.717) is 5.56 Å². The highest BCUT2D eigenvalue weighted by molar-refractivity contribution is 5.94. The molecule has 13 nitrogen and oxygen atoms in total. The van der Waals surface area contributed by atoms with E-state index in [4.69, 9.17) is 16.6 Å². The van der Waals surface area contributed by atoms with Gasteiger partial charge in [-0.05, 0) is 38.0 Å². The first-order chi connectivity index (χ1) is 15.8. The van der Waals surface area contributed by atoms with E-state index in [2.05, 4.69) is 16.0 Å². The fraction of sp³-hybridized carbons (Fsp3) is 0.476. The Kier molecular flexibility index (Phi) is 10.9. The van der Waals surface area contributed by atoms with Crippen LogP contribution in [0.4, 0.5) is 0 Å². The van der Waals surface area contributed by atoms with Gasteiger partial charge in [0.1, 0.15) is 29.9 Å². The molecule has 0 aliphatic rings. The first kappa shape index (κ1) is 28.3. The Labute approximate surface area is 195 Å². The summed E-state index contributed by atoms with van der Waals surface area (Å²) in [5.74, 6) is -4.58. The fourth-order valence-electron chi connectivity index (χ4n) is 2.77. The number of amides is 4. The van der Waals surface area contributed by atoms with E-state index in [1.165, 1.54) is 38.1 Å². The Hall–Kier alpha value is -3.71. The molecule has 0 spiro atoms. The van der Waals surface area contributed by atoms with Crippen molar-refractivity contribution in [3.05, 3.63) is 29.8 Å². The zero-order valence-electron chi connectivity index (χ0n) is 18.9. The number of carboxylic acid groups (broad SMARTS) is 1. The van der Waals surface area contributed by atoms with Crippen molar-refractivity contribution in [1.82, 2.24) is 16.0 Å². The van der Waals surface area contributed by atoms with Crippen molar-refractivity contribution in [3.8, 4) is 5.75 Å². The van der Waals surface area contributed by atoms with Crippen LogP contribution in [-0.4, -0.2) is 75.2 Å². The molecule has 188 valence electrons. The number of benzene rings is 1. The average Bonchev–Trinajstić information content (AvgIpc) is 2.76. The van der Waals surface area contributed by atoms with Gasteiger partial charge in [0.15, 0.2) is 0 Å². The van der Waals surface area contributed by atoms with Crippen molar-refractivity contribution >= 4 is 29.6 Å². The lowest BCUT2D eigenvalue weighted by Crippen LogP contribution is -2.58. The van der Waals surface area contributed by atoms with Gasteiger partial charge < -0.3 is 42.7 Å². The fourth-order valence-corrected chi connectivity index (χ4v) is 2.77. The molecule has 0 aliphatic heterocycles. The Morgan fingerprint density at radius 3 is 1.94 bits per heavy atom. The number of phenolic OH excluding ortho intramolecular Hbond substituents is 1. The van der Waals surface area contributed by atoms with Gasteiger partial charge in [-0.1, -0.05) is 12.1 Å². The molecule has 5 unspecified atom stereocenters. The number of carboxylic acids is 1. The second kappa shape index (κ2) is 13.1. The lowest BCUT2D eigenvalue weighted by Gasteiger charge is -2.25. The monoisotopic (exact) mass is 481 g/mol. The Balaban J connectivity index is 3.11. The Morgan fingerprint density at radius 2 is 1.44 bits per heavy atom. The highest BCUT2D eigenvalue weighted by Gasteiger charge is 2.30. The largest absolute Gasteiger partial charge is 0.508 e. The number of aliphatic hydroxyl groups is 1. The van der Waals surface area contributed by atoms with Gasteiger partial charge in [-0.2, -0.15) is 0 Å². The molecule has 0 fully saturated rings. The van der Waals surface area contributed by atoms with Crippen LogP contribution < -0.4 is 27.4 Å². The van der Waals surface area contributed by atoms with Crippen LogP contribution in [0.25, 0.3) is 0 Å². The number of nitrogens with two attached hydrogens (primary N) is 2. The molecule has 1 aromatic rings. The first-order valence-electron chi connectivity index (χ1n) is 10.5. The van der Waals surface area contributed by atoms with Gasteiger partial charge in [0.25, 0.3) is 0 Å². The van der Waals surface area contributed by atoms with Crippen LogP contribution in [0.2, 0.25) is 0 Å². The molecule has 10 N–H and O–H groups in total. The number of primary amides is 1. The molecular formula is C21H31N5O8. The lowest BCUT2D eigenvalue weighted by atomic mass is 10.0. The van der Waals surface area contributed by atoms with E-state index in [-0.39, 0.29) is 25.0 Å². The number of nitrogens with one attached hydrogen (secondary N) is 3. The quantitative estimate of drug-likeness (QED) is 0.148. The molecule has 4 amide bonds. The molecule has 1 rings (SSSR count). The van der Waals surface area contributed by atoms with Crippen molar-refractivity contribution in [2.45, 2.75) is 63.4 Å². The number of hydrogen-bond acceptors (Lipinski definition) is 8. The molecule has 0 aliphatic carbocycles. The van der Waals surface area contributed by atoms with Crippen molar-refractivity contribution in [2.75, 3.05) is 0 Å². The van der Waals surface area contributed by atoms with Gasteiger partial charge in [-0.15, -0.1) is 0 Å². The summed E-state index contributed by atoms with van der Waals surface area (Å²) in [7, 11) is 0. The number of rotatable bonds is 13. The number of hydrogen-bond donors (Lipinski definition) is 8. The normalized spacial score (nSPS) is 15.2. The second-order valence-corrected chi connectivity index (χ2v) is 7.83. The number of phenols is 1. The SMILES string of the molecule is CC(NC(=O)C(CCC(N)=O)NC(=O)C(Cc1ccc(O)cc1)NC(=O)C(N)C(C)O)C(=O)O. The molecule has 0 aromatic heterocycles. The van der Waals surface area contributed by atoms with Gasteiger partial charge in [0, 0.05) is 12.8 Å². The van der Waals surface area contributed by atoms with E-state index in [1.54, 1.807) is 0 Å². The number of aliphatic carboxylic acids is 1. The Bertz CT molecular complexity index is 890. The third-order valence-electron chi connectivity index (χ3n) is 4.87. The molecule has 0 bridgehead atoms. The number of carbonyl (C=O) groups is 5. The maximum absolute atomic E-state index is 13.0. The van der Waals surface area contributed by atoms with Crippen molar-refractivity contribution in [3.63, 3.8) is 0 Å². The van der Waals surface area contributed by atoms with E-state index in [1.807, 2.05) is 0 Å². The third-order valence-corrected chi connectivity index (χ3v) is 4.87. The van der Waals surface area contributed by atoms with Crippen molar-refractivity contribution < 1.29 is 39.3 Å². The smallest absolute Gasteiger partial charge is 0.325 e. The average molecular weight is 482 g/mol. The van der Waals surface area contributed by atoms with Crippen LogP contribution in [0.5, 0.6) is 5.75 Å². The Morgan fingerprint density at radius 1 is 0.912 bits per heavy atom. The minimum Gasteiger partial charge on any atom is -0.508 e. The molecular weight excluding hydrogens is 450 g/mol. The maximum Gasteiger partial charge on any atom is 0.325 e. The zero-order valence-corrected chi connectivity index (χ0v) is 18.9. The van der Waals surface area contributed by atoms with Crippen LogP contribution in [0.15, 0.2) is 24.3 Å². The summed E-state index contributed by atoms with van der Waals surface area (Å²) in [4.78, 5) is 60.2. The van der Waals surface area contributed by atoms with Crippen LogP contribution in [-0.2, 0) is 30.4 Å². The summed E-state index contributed by atoms with van der Waals surface area (Å²) in [6, 6.07) is 0.602. The summed E-state index contributed by atoms with van der Waals surface area (Å²) in [5.41, 5.74) is 11.3. The number of aliphatic hydroxyl groups excluding tert-OH is 1. The molecule has 5 atom stereocenters. The predicted molar refractivity (Wildman–Crippen MR) is 119 cm³/mol. The summed E-state index contributed by atoms with van der Waals surface area (Å²) in [6.07, 6.45) is -1.77. The molecule has 34 heavy (non-hydrogen) atoms. The second-order valence-electron chi connectivity index (χ2n) is 7.83. The molecule has 1 aromatic carbocycles.